The third-order valence-electron chi connectivity index (χ3n) is 2.92. The van der Waals surface area contributed by atoms with Gasteiger partial charge in [0.2, 0.25) is 5.91 Å². The molecule has 1 fully saturated rings. The average Bonchev–Trinajstić information content (AvgIpc) is 3.04. The molecule has 0 bridgehead atoms. The molecule has 104 valence electrons. The molecule has 2 amide bonds. The monoisotopic (exact) mass is 282 g/mol. The zero-order valence-electron chi connectivity index (χ0n) is 10.9. The Morgan fingerprint density at radius 1 is 1.42 bits per heavy atom. The lowest BCUT2D eigenvalue weighted by Gasteiger charge is -2.10. The summed E-state index contributed by atoms with van der Waals surface area (Å²) < 4.78 is 5.40. The van der Waals surface area contributed by atoms with Crippen molar-refractivity contribution < 1.29 is 14.3 Å². The van der Waals surface area contributed by atoms with Gasteiger partial charge in [0.15, 0.2) is 0 Å². The van der Waals surface area contributed by atoms with Crippen molar-refractivity contribution in [3.8, 4) is 0 Å². The van der Waals surface area contributed by atoms with E-state index in [4.69, 9.17) is 4.74 Å². The van der Waals surface area contributed by atoms with Gasteiger partial charge in [-0.3, -0.25) is 9.59 Å². The zero-order chi connectivity index (χ0) is 13.7. The second-order valence-electron chi connectivity index (χ2n) is 4.53. The predicted molar refractivity (Wildman–Crippen MR) is 73.4 cm³/mol. The molecule has 19 heavy (non-hydrogen) atoms. The fourth-order valence-electron chi connectivity index (χ4n) is 1.90. The summed E-state index contributed by atoms with van der Waals surface area (Å²) in [6.45, 7) is 3.24. The van der Waals surface area contributed by atoms with Gasteiger partial charge in [-0.15, -0.1) is 11.3 Å². The minimum atomic E-state index is -0.203. The van der Waals surface area contributed by atoms with Crippen LogP contribution in [0.4, 0.5) is 0 Å². The van der Waals surface area contributed by atoms with Gasteiger partial charge in [-0.05, 0) is 31.9 Å². The van der Waals surface area contributed by atoms with Crippen molar-refractivity contribution in [2.75, 3.05) is 19.7 Å². The maximum Gasteiger partial charge on any atom is 0.261 e. The van der Waals surface area contributed by atoms with Crippen molar-refractivity contribution in [1.29, 1.82) is 0 Å². The maximum atomic E-state index is 11.7. The standard InChI is InChI=1S/C13H18N2O3S/c1-9-4-5-11(19-9)13(17)15-8-12(16)14-7-10-3-2-6-18-10/h4-5,10H,2-3,6-8H2,1H3,(H,14,16)(H,15,17). The highest BCUT2D eigenvalue weighted by Gasteiger charge is 2.16. The minimum Gasteiger partial charge on any atom is -0.376 e. The number of ether oxygens (including phenoxy) is 1. The molecule has 1 aromatic rings. The van der Waals surface area contributed by atoms with Gasteiger partial charge in [-0.25, -0.2) is 0 Å². The third kappa shape index (κ3) is 4.33. The van der Waals surface area contributed by atoms with E-state index in [1.54, 1.807) is 6.07 Å². The summed E-state index contributed by atoms with van der Waals surface area (Å²) in [6, 6.07) is 3.65. The quantitative estimate of drug-likeness (QED) is 0.849. The number of amides is 2. The molecule has 0 radical (unpaired) electrons. The molecule has 1 aliphatic rings. The molecule has 6 heteroatoms. The highest BCUT2D eigenvalue weighted by atomic mass is 32.1. The summed E-state index contributed by atoms with van der Waals surface area (Å²) in [5, 5.41) is 5.37. The van der Waals surface area contributed by atoms with E-state index in [1.165, 1.54) is 11.3 Å². The van der Waals surface area contributed by atoms with Gasteiger partial charge in [0.25, 0.3) is 5.91 Å². The Bertz CT molecular complexity index is 452. The van der Waals surface area contributed by atoms with Gasteiger partial charge >= 0.3 is 0 Å². The first-order chi connectivity index (χ1) is 9.15. The van der Waals surface area contributed by atoms with Crippen LogP contribution >= 0.6 is 11.3 Å². The Labute approximate surface area is 116 Å². The normalized spacial score (nSPS) is 18.3. The largest absolute Gasteiger partial charge is 0.376 e. The van der Waals surface area contributed by atoms with Crippen molar-refractivity contribution in [2.45, 2.75) is 25.9 Å². The van der Waals surface area contributed by atoms with E-state index in [0.29, 0.717) is 11.4 Å². The summed E-state index contributed by atoms with van der Waals surface area (Å²) in [5.74, 6) is -0.387. The molecule has 2 rings (SSSR count). The Kier molecular flexibility index (Phi) is 4.93. The van der Waals surface area contributed by atoms with E-state index >= 15 is 0 Å². The topological polar surface area (TPSA) is 67.4 Å². The molecule has 0 aromatic carbocycles. The second-order valence-corrected chi connectivity index (χ2v) is 5.82. The highest BCUT2D eigenvalue weighted by Crippen LogP contribution is 2.14. The maximum absolute atomic E-state index is 11.7. The number of hydrogen-bond acceptors (Lipinski definition) is 4. The van der Waals surface area contributed by atoms with Gasteiger partial charge < -0.3 is 15.4 Å². The summed E-state index contributed by atoms with van der Waals surface area (Å²) in [4.78, 5) is 25.0. The fourth-order valence-corrected chi connectivity index (χ4v) is 2.68. The third-order valence-corrected chi connectivity index (χ3v) is 3.92. The van der Waals surface area contributed by atoms with E-state index in [-0.39, 0.29) is 24.5 Å². The van der Waals surface area contributed by atoms with Crippen LogP contribution in [-0.2, 0) is 9.53 Å². The van der Waals surface area contributed by atoms with Gasteiger partial charge in [-0.1, -0.05) is 0 Å². The van der Waals surface area contributed by atoms with Crippen molar-refractivity contribution >= 4 is 23.2 Å². The number of aryl methyl sites for hydroxylation is 1. The van der Waals surface area contributed by atoms with Crippen LogP contribution in [0.5, 0.6) is 0 Å². The van der Waals surface area contributed by atoms with Crippen LogP contribution < -0.4 is 10.6 Å². The van der Waals surface area contributed by atoms with Crippen LogP contribution in [0.25, 0.3) is 0 Å². The zero-order valence-corrected chi connectivity index (χ0v) is 11.7. The van der Waals surface area contributed by atoms with E-state index in [2.05, 4.69) is 10.6 Å². The number of nitrogens with one attached hydrogen (secondary N) is 2. The van der Waals surface area contributed by atoms with Crippen LogP contribution in [-0.4, -0.2) is 37.6 Å². The number of rotatable bonds is 5. The molecule has 1 unspecified atom stereocenters. The molecule has 1 aliphatic heterocycles. The Hall–Kier alpha value is -1.40. The minimum absolute atomic E-state index is 0.00248. The molecule has 0 saturated carbocycles. The summed E-state index contributed by atoms with van der Waals surface area (Å²) in [6.07, 6.45) is 2.16. The van der Waals surface area contributed by atoms with Gasteiger partial charge in [0, 0.05) is 18.0 Å². The summed E-state index contributed by atoms with van der Waals surface area (Å²) in [7, 11) is 0. The predicted octanol–water partition coefficient (Wildman–Crippen LogP) is 1.08. The van der Waals surface area contributed by atoms with Gasteiger partial charge in [0.1, 0.15) is 0 Å². The molecule has 0 spiro atoms. The van der Waals surface area contributed by atoms with Crippen LogP contribution in [0.1, 0.15) is 27.4 Å². The molecular formula is C13H18N2O3S. The lowest BCUT2D eigenvalue weighted by atomic mass is 10.2. The molecule has 1 saturated heterocycles. The van der Waals surface area contributed by atoms with E-state index in [0.717, 1.165) is 24.3 Å². The number of hydrogen-bond donors (Lipinski definition) is 2. The number of thiophene rings is 1. The smallest absolute Gasteiger partial charge is 0.261 e. The van der Waals surface area contributed by atoms with Crippen molar-refractivity contribution in [3.63, 3.8) is 0 Å². The van der Waals surface area contributed by atoms with Crippen molar-refractivity contribution in [3.05, 3.63) is 21.9 Å². The lowest BCUT2D eigenvalue weighted by Crippen LogP contribution is -2.39. The molecule has 1 atom stereocenters. The molecule has 2 N–H and O–H groups in total. The Balaban J connectivity index is 1.66. The van der Waals surface area contributed by atoms with Gasteiger partial charge in [-0.2, -0.15) is 0 Å². The van der Waals surface area contributed by atoms with Gasteiger partial charge in [0.05, 0.1) is 17.5 Å². The second kappa shape index (κ2) is 6.68. The first-order valence-electron chi connectivity index (χ1n) is 6.38. The lowest BCUT2D eigenvalue weighted by molar-refractivity contribution is -0.120. The van der Waals surface area contributed by atoms with Crippen LogP contribution in [0.2, 0.25) is 0 Å². The molecule has 1 aromatic heterocycles. The Morgan fingerprint density at radius 3 is 2.89 bits per heavy atom. The molecule has 5 nitrogen and oxygen atoms in total. The van der Waals surface area contributed by atoms with Crippen molar-refractivity contribution in [1.82, 2.24) is 10.6 Å². The molecule has 2 heterocycles. The Morgan fingerprint density at radius 2 is 2.26 bits per heavy atom. The summed E-state index contributed by atoms with van der Waals surface area (Å²) in [5.41, 5.74) is 0. The highest BCUT2D eigenvalue weighted by molar-refractivity contribution is 7.13. The van der Waals surface area contributed by atoms with E-state index in [9.17, 15) is 9.59 Å². The van der Waals surface area contributed by atoms with Crippen LogP contribution in [0.15, 0.2) is 12.1 Å². The summed E-state index contributed by atoms with van der Waals surface area (Å²) >= 11 is 1.42. The molecular weight excluding hydrogens is 264 g/mol. The van der Waals surface area contributed by atoms with E-state index < -0.39 is 0 Å². The van der Waals surface area contributed by atoms with Crippen molar-refractivity contribution in [2.24, 2.45) is 0 Å². The van der Waals surface area contributed by atoms with E-state index in [1.807, 2.05) is 13.0 Å². The number of carbonyl (C=O) groups is 2. The number of carbonyl (C=O) groups excluding carboxylic acids is 2. The fraction of sp³-hybridized carbons (Fsp3) is 0.538. The first kappa shape index (κ1) is 14.0. The average molecular weight is 282 g/mol. The SMILES string of the molecule is Cc1ccc(C(=O)NCC(=O)NCC2CCCO2)s1. The van der Waals surface area contributed by atoms with Crippen LogP contribution in [0.3, 0.4) is 0 Å². The molecule has 0 aliphatic carbocycles. The first-order valence-corrected chi connectivity index (χ1v) is 7.20. The van der Waals surface area contributed by atoms with Crippen LogP contribution in [0, 0.1) is 6.92 Å².